The second-order valence-electron chi connectivity index (χ2n) is 5.53. The van der Waals surface area contributed by atoms with E-state index in [4.69, 9.17) is 1.37 Å². The third-order valence-corrected chi connectivity index (χ3v) is 5.07. The summed E-state index contributed by atoms with van der Waals surface area (Å²) in [6.07, 6.45) is 0.547. The van der Waals surface area contributed by atoms with E-state index in [1.807, 2.05) is 0 Å². The van der Waals surface area contributed by atoms with Gasteiger partial charge in [-0.25, -0.2) is 4.98 Å². The second kappa shape index (κ2) is 4.54. The molecule has 2 fully saturated rings. The van der Waals surface area contributed by atoms with Crippen molar-refractivity contribution < 1.29 is 11.0 Å². The number of likely N-dealkylation sites (tertiary alicyclic amines) is 1. The van der Waals surface area contributed by atoms with Crippen LogP contribution in [0.2, 0.25) is 0 Å². The minimum absolute atomic E-state index is 0.138. The monoisotopic (exact) mass is 316 g/mol. The van der Waals surface area contributed by atoms with E-state index in [1.54, 1.807) is 23.1 Å². The summed E-state index contributed by atoms with van der Waals surface area (Å²) in [7, 11) is 0. The number of rotatable bonds is 1. The highest BCUT2D eigenvalue weighted by Crippen LogP contribution is 2.29. The van der Waals surface area contributed by atoms with E-state index in [-0.39, 0.29) is 11.8 Å². The molecule has 2 aromatic rings. The molecule has 0 bridgehead atoms. The zero-order chi connectivity index (χ0) is 16.2. The Bertz CT molecular complexity index is 864. The number of thiazole rings is 1. The number of carbonyl (C=O) groups excluding carboxylic acids is 2. The summed E-state index contributed by atoms with van der Waals surface area (Å²) < 4.78 is 8.45. The van der Waals surface area contributed by atoms with Crippen LogP contribution in [0.15, 0.2) is 36.6 Å². The lowest BCUT2D eigenvalue weighted by molar-refractivity contribution is -0.123. The number of hydrogen-bond donors (Lipinski definition) is 2. The minimum Gasteiger partial charge on any atom is -0.356 e. The van der Waals surface area contributed by atoms with E-state index >= 15 is 0 Å². The Morgan fingerprint density at radius 2 is 2.41 bits per heavy atom. The third-order valence-electron chi connectivity index (χ3n) is 4.06. The van der Waals surface area contributed by atoms with Crippen molar-refractivity contribution in [1.29, 1.82) is 0 Å². The highest BCUT2D eigenvalue weighted by atomic mass is 32.1. The van der Waals surface area contributed by atoms with Crippen molar-refractivity contribution in [3.05, 3.63) is 41.6 Å². The Morgan fingerprint density at radius 1 is 1.55 bits per heavy atom. The van der Waals surface area contributed by atoms with Crippen molar-refractivity contribution in [2.24, 2.45) is 0 Å². The first kappa shape index (κ1) is 12.2. The van der Waals surface area contributed by atoms with Crippen molar-refractivity contribution in [1.82, 2.24) is 20.5 Å². The largest absolute Gasteiger partial charge is 0.356 e. The predicted octanol–water partition coefficient (Wildman–Crippen LogP) is 1.07. The van der Waals surface area contributed by atoms with Crippen LogP contribution in [0.5, 0.6) is 0 Å². The van der Waals surface area contributed by atoms with Crippen LogP contribution in [0, 0.1) is 0 Å². The van der Waals surface area contributed by atoms with Crippen LogP contribution in [0.3, 0.4) is 0 Å². The van der Waals surface area contributed by atoms with Crippen LogP contribution in [0.1, 0.15) is 17.6 Å². The molecule has 1 spiro atoms. The molecular weight excluding hydrogens is 300 g/mol. The van der Waals surface area contributed by atoms with E-state index in [1.165, 1.54) is 11.3 Å². The molecule has 2 aliphatic heterocycles. The number of amides is 2. The van der Waals surface area contributed by atoms with Crippen molar-refractivity contribution in [3.8, 4) is 0 Å². The quantitative estimate of drug-likeness (QED) is 0.825. The first-order chi connectivity index (χ1) is 11.0. The number of hydrogen-bond acceptors (Lipinski definition) is 5. The fourth-order valence-electron chi connectivity index (χ4n) is 2.95. The maximum Gasteiger partial charge on any atom is 0.282 e. The van der Waals surface area contributed by atoms with E-state index in [2.05, 4.69) is 22.2 Å². The number of carbonyl (C=O) groups is 2. The molecule has 0 aliphatic carbocycles. The molecule has 2 saturated heterocycles. The van der Waals surface area contributed by atoms with Crippen molar-refractivity contribution >= 4 is 33.4 Å². The summed E-state index contributed by atoms with van der Waals surface area (Å²) in [5.74, 6) is 0.162. The molecule has 1 atom stereocenters. The smallest absolute Gasteiger partial charge is 0.282 e. The minimum atomic E-state index is -0.766. The normalized spacial score (nSPS) is 24.7. The molecule has 2 aliphatic rings. The Hall–Kier alpha value is -2.41. The molecular formula is C15H14N4O2S. The molecule has 4 rings (SSSR count). The van der Waals surface area contributed by atoms with Crippen molar-refractivity contribution in [3.63, 3.8) is 0 Å². The Kier molecular flexibility index (Phi) is 2.51. The number of para-hydroxylation sites is 1. The van der Waals surface area contributed by atoms with Crippen LogP contribution >= 0.6 is 11.3 Å². The van der Waals surface area contributed by atoms with Crippen LogP contribution < -0.4 is 10.6 Å². The van der Waals surface area contributed by atoms with Gasteiger partial charge in [0.15, 0.2) is 5.01 Å². The average molecular weight is 316 g/mol. The van der Waals surface area contributed by atoms with Crippen LogP contribution in [-0.2, 0) is 4.79 Å². The van der Waals surface area contributed by atoms with Gasteiger partial charge in [-0.3, -0.25) is 9.59 Å². The molecule has 1 aromatic heterocycles. The first-order valence-corrected chi connectivity index (χ1v) is 7.73. The first-order valence-electron chi connectivity index (χ1n) is 7.42. The van der Waals surface area contributed by atoms with Gasteiger partial charge < -0.3 is 15.5 Å². The highest BCUT2D eigenvalue weighted by Gasteiger charge is 2.50. The van der Waals surface area contributed by atoms with Crippen molar-refractivity contribution in [2.45, 2.75) is 12.0 Å². The van der Waals surface area contributed by atoms with Crippen molar-refractivity contribution in [2.75, 3.05) is 13.1 Å². The van der Waals surface area contributed by atoms with Gasteiger partial charge in [0.25, 0.3) is 11.8 Å². The highest BCUT2D eigenvalue weighted by molar-refractivity contribution is 7.20. The van der Waals surface area contributed by atoms with E-state index in [0.717, 1.165) is 4.70 Å². The maximum atomic E-state index is 12.7. The van der Waals surface area contributed by atoms with Gasteiger partial charge in [-0.05, 0) is 18.6 Å². The van der Waals surface area contributed by atoms with Gasteiger partial charge in [-0.15, -0.1) is 11.3 Å². The van der Waals surface area contributed by atoms with Gasteiger partial charge in [0.1, 0.15) is 5.54 Å². The van der Waals surface area contributed by atoms with Gasteiger partial charge in [0.2, 0.25) is 0 Å². The topological polar surface area (TPSA) is 74.3 Å². The van der Waals surface area contributed by atoms with E-state index < -0.39 is 5.54 Å². The van der Waals surface area contributed by atoms with Gasteiger partial charge in [-0.1, -0.05) is 18.7 Å². The molecule has 3 heterocycles. The number of benzene rings is 1. The molecule has 1 aromatic carbocycles. The second-order valence-corrected chi connectivity index (χ2v) is 6.56. The fourth-order valence-corrected chi connectivity index (χ4v) is 3.86. The molecule has 1 unspecified atom stereocenters. The summed E-state index contributed by atoms with van der Waals surface area (Å²) in [5, 5.41) is 6.11. The Morgan fingerprint density at radius 3 is 3.18 bits per heavy atom. The molecule has 112 valence electrons. The van der Waals surface area contributed by atoms with Crippen LogP contribution in [0.25, 0.3) is 10.2 Å². The number of nitrogens with zero attached hydrogens (tertiary/aromatic N) is 2. The van der Waals surface area contributed by atoms with E-state index in [0.29, 0.717) is 41.9 Å². The Balaban J connectivity index is 1.59. The molecule has 22 heavy (non-hydrogen) atoms. The molecule has 2 N–H and O–H groups in total. The standard InChI is InChI=1S/C15H14N4O2S/c1-9-16-14(21)15(18-9)6-7-19(8-15)13(20)12-17-10-4-2-3-5-11(10)22-12/h2-5,18H,1,6-8H2,(H,16,21)/i3T. The molecule has 2 amide bonds. The fraction of sp³-hybridized carbons (Fsp3) is 0.267. The van der Waals surface area contributed by atoms with Crippen LogP contribution in [0.4, 0.5) is 0 Å². The zero-order valence-corrected chi connectivity index (χ0v) is 12.5. The third kappa shape index (κ3) is 1.89. The van der Waals surface area contributed by atoms with E-state index in [9.17, 15) is 9.59 Å². The van der Waals surface area contributed by atoms with Gasteiger partial charge >= 0.3 is 0 Å². The molecule has 0 radical (unpaired) electrons. The lowest BCUT2D eigenvalue weighted by atomic mass is 9.99. The predicted molar refractivity (Wildman–Crippen MR) is 83.3 cm³/mol. The van der Waals surface area contributed by atoms with Crippen LogP contribution in [-0.4, -0.2) is 40.3 Å². The average Bonchev–Trinajstić information content (AvgIpc) is 3.17. The Labute approximate surface area is 132 Å². The van der Waals surface area contributed by atoms with Gasteiger partial charge in [0, 0.05) is 6.54 Å². The zero-order valence-electron chi connectivity index (χ0n) is 12.7. The molecule has 6 nitrogen and oxygen atoms in total. The van der Waals surface area contributed by atoms with Gasteiger partial charge in [-0.2, -0.15) is 0 Å². The van der Waals surface area contributed by atoms with Gasteiger partial charge in [0.05, 0.1) is 24.0 Å². The molecule has 7 heteroatoms. The lowest BCUT2D eigenvalue weighted by Crippen LogP contribution is -2.49. The SMILES string of the molecule is [3H]c1ccc2nc(C(=O)N3CCC4(C3)NC(=C)NC4=O)sc2c1. The summed E-state index contributed by atoms with van der Waals surface area (Å²) >= 11 is 1.28. The number of fused-ring (bicyclic) bond motifs is 1. The summed E-state index contributed by atoms with van der Waals surface area (Å²) in [6.45, 7) is 4.51. The summed E-state index contributed by atoms with van der Waals surface area (Å²) in [6, 6.07) is 5.49. The maximum absolute atomic E-state index is 12.7. The summed E-state index contributed by atoms with van der Waals surface area (Å²) in [5.41, 5.74) is -0.0500. The molecule has 0 saturated carbocycles. The summed E-state index contributed by atoms with van der Waals surface area (Å²) in [4.78, 5) is 30.8. The number of nitrogens with one attached hydrogen (secondary N) is 2. The lowest BCUT2D eigenvalue weighted by Gasteiger charge is -2.21. The number of aromatic nitrogens is 1.